The maximum Gasteiger partial charge on any atom is 0.0522 e. The molecule has 0 atom stereocenters. The van der Waals surface area contributed by atoms with Crippen LogP contribution in [0, 0.1) is 0 Å². The summed E-state index contributed by atoms with van der Waals surface area (Å²) in [5.74, 6) is 0. The van der Waals surface area contributed by atoms with Gasteiger partial charge in [-0.05, 0) is 28.2 Å². The average Bonchev–Trinajstić information content (AvgIpc) is 2.73. The van der Waals surface area contributed by atoms with Gasteiger partial charge in [0.1, 0.15) is 0 Å². The summed E-state index contributed by atoms with van der Waals surface area (Å²) in [7, 11) is 0. The van der Waals surface area contributed by atoms with E-state index in [2.05, 4.69) is 31.0 Å². The van der Waals surface area contributed by atoms with E-state index in [0.29, 0.717) is 0 Å². The highest BCUT2D eigenvalue weighted by Gasteiger charge is 2.22. The molecule has 2 aromatic rings. The van der Waals surface area contributed by atoms with E-state index in [1.807, 2.05) is 24.5 Å². The molecule has 0 aliphatic carbocycles. The van der Waals surface area contributed by atoms with Gasteiger partial charge in [0.15, 0.2) is 0 Å². The van der Waals surface area contributed by atoms with Gasteiger partial charge in [0.2, 0.25) is 0 Å². The second-order valence-corrected chi connectivity index (χ2v) is 6.21. The first-order chi connectivity index (χ1) is 8.39. The lowest BCUT2D eigenvalue weighted by Gasteiger charge is -2.23. The lowest BCUT2D eigenvalue weighted by molar-refractivity contribution is 0.590. The standard InChI is InChI=1S/C14H16Cl2N2/c1-14(2,3)12-11(15)5-4-10(13(12)16)6-9-7-17-18-8-9/h4-5,7-8H,6H2,1-3H3,(H,17,18). The highest BCUT2D eigenvalue weighted by Crippen LogP contribution is 2.37. The molecule has 1 aromatic carbocycles. The van der Waals surface area contributed by atoms with Crippen molar-refractivity contribution in [3.05, 3.63) is 51.3 Å². The minimum absolute atomic E-state index is 0.0689. The van der Waals surface area contributed by atoms with Gasteiger partial charge >= 0.3 is 0 Å². The van der Waals surface area contributed by atoms with Gasteiger partial charge in [0.25, 0.3) is 0 Å². The van der Waals surface area contributed by atoms with Crippen LogP contribution in [0.2, 0.25) is 10.0 Å². The van der Waals surface area contributed by atoms with E-state index in [9.17, 15) is 0 Å². The van der Waals surface area contributed by atoms with Crippen LogP contribution in [0.4, 0.5) is 0 Å². The topological polar surface area (TPSA) is 28.7 Å². The van der Waals surface area contributed by atoms with E-state index in [1.165, 1.54) is 0 Å². The van der Waals surface area contributed by atoms with Crippen molar-refractivity contribution >= 4 is 23.2 Å². The van der Waals surface area contributed by atoms with Crippen LogP contribution in [0.3, 0.4) is 0 Å². The van der Waals surface area contributed by atoms with Crippen LogP contribution in [0.15, 0.2) is 24.5 Å². The summed E-state index contributed by atoms with van der Waals surface area (Å²) in [5, 5.41) is 8.23. The van der Waals surface area contributed by atoms with Gasteiger partial charge in [0.05, 0.1) is 6.20 Å². The molecule has 1 aromatic heterocycles. The van der Waals surface area contributed by atoms with Crippen LogP contribution in [0.25, 0.3) is 0 Å². The van der Waals surface area contributed by atoms with Crippen LogP contribution < -0.4 is 0 Å². The zero-order chi connectivity index (χ0) is 13.3. The molecule has 0 aliphatic heterocycles. The number of hydrogen-bond donors (Lipinski definition) is 1. The Morgan fingerprint density at radius 3 is 2.50 bits per heavy atom. The van der Waals surface area contributed by atoms with Crippen LogP contribution in [-0.2, 0) is 11.8 Å². The molecule has 4 heteroatoms. The maximum absolute atomic E-state index is 6.50. The third kappa shape index (κ3) is 2.70. The van der Waals surface area contributed by atoms with Gasteiger partial charge < -0.3 is 0 Å². The number of halogens is 2. The van der Waals surface area contributed by atoms with Gasteiger partial charge in [-0.15, -0.1) is 0 Å². The second kappa shape index (κ2) is 4.94. The van der Waals surface area contributed by atoms with Crippen LogP contribution >= 0.6 is 23.2 Å². The Hall–Kier alpha value is -0.990. The van der Waals surface area contributed by atoms with E-state index in [1.54, 1.807) is 0 Å². The van der Waals surface area contributed by atoms with Crippen molar-refractivity contribution < 1.29 is 0 Å². The Balaban J connectivity index is 2.45. The Bertz CT molecular complexity index is 540. The van der Waals surface area contributed by atoms with Crippen LogP contribution in [0.5, 0.6) is 0 Å². The molecule has 0 fully saturated rings. The number of nitrogens with zero attached hydrogens (tertiary/aromatic N) is 1. The molecule has 0 unspecified atom stereocenters. The van der Waals surface area contributed by atoms with E-state index in [4.69, 9.17) is 23.2 Å². The van der Waals surface area contributed by atoms with Crippen molar-refractivity contribution in [2.45, 2.75) is 32.6 Å². The van der Waals surface area contributed by atoms with Crippen molar-refractivity contribution in [3.8, 4) is 0 Å². The van der Waals surface area contributed by atoms with Gasteiger partial charge in [-0.1, -0.05) is 50.0 Å². The number of aromatic amines is 1. The molecule has 0 aliphatic rings. The predicted molar refractivity (Wildman–Crippen MR) is 76.6 cm³/mol. The highest BCUT2D eigenvalue weighted by molar-refractivity contribution is 6.36. The largest absolute Gasteiger partial charge is 0.285 e. The SMILES string of the molecule is CC(C)(C)c1c(Cl)ccc(Cc2cn[nH]c2)c1Cl. The lowest BCUT2D eigenvalue weighted by atomic mass is 9.85. The first kappa shape index (κ1) is 13.4. The van der Waals surface area contributed by atoms with E-state index in [-0.39, 0.29) is 5.41 Å². The molecular weight excluding hydrogens is 267 g/mol. The molecule has 1 heterocycles. The Labute approximate surface area is 117 Å². The molecule has 0 radical (unpaired) electrons. The number of aromatic nitrogens is 2. The summed E-state index contributed by atoms with van der Waals surface area (Å²) in [6.07, 6.45) is 4.44. The number of H-pyrrole nitrogens is 1. The third-order valence-corrected chi connectivity index (χ3v) is 3.62. The molecule has 2 nitrogen and oxygen atoms in total. The minimum Gasteiger partial charge on any atom is -0.285 e. The summed E-state index contributed by atoms with van der Waals surface area (Å²) < 4.78 is 0. The van der Waals surface area contributed by atoms with Crippen molar-refractivity contribution in [2.24, 2.45) is 0 Å². The number of nitrogens with one attached hydrogen (secondary N) is 1. The number of benzene rings is 1. The van der Waals surface area contributed by atoms with Crippen LogP contribution in [0.1, 0.15) is 37.5 Å². The first-order valence-electron chi connectivity index (χ1n) is 5.84. The fourth-order valence-corrected chi connectivity index (χ4v) is 3.02. The van der Waals surface area contributed by atoms with Crippen molar-refractivity contribution in [3.63, 3.8) is 0 Å². The fourth-order valence-electron chi connectivity index (χ4n) is 2.01. The second-order valence-electron chi connectivity index (χ2n) is 5.43. The zero-order valence-electron chi connectivity index (χ0n) is 10.7. The van der Waals surface area contributed by atoms with Crippen molar-refractivity contribution in [1.82, 2.24) is 10.2 Å². The van der Waals surface area contributed by atoms with Crippen LogP contribution in [-0.4, -0.2) is 10.2 Å². The number of hydrogen-bond acceptors (Lipinski definition) is 1. The van der Waals surface area contributed by atoms with E-state index in [0.717, 1.165) is 33.2 Å². The highest BCUT2D eigenvalue weighted by atomic mass is 35.5. The molecule has 0 amide bonds. The normalized spacial score (nSPS) is 11.8. The molecule has 0 spiro atoms. The average molecular weight is 283 g/mol. The monoisotopic (exact) mass is 282 g/mol. The minimum atomic E-state index is -0.0689. The van der Waals surface area contributed by atoms with E-state index < -0.39 is 0 Å². The summed E-state index contributed by atoms with van der Waals surface area (Å²) in [6.45, 7) is 6.34. The Morgan fingerprint density at radius 1 is 1.22 bits per heavy atom. The Morgan fingerprint density at radius 2 is 1.94 bits per heavy atom. The van der Waals surface area contributed by atoms with Gasteiger partial charge in [-0.2, -0.15) is 5.10 Å². The first-order valence-corrected chi connectivity index (χ1v) is 6.60. The lowest BCUT2D eigenvalue weighted by Crippen LogP contribution is -2.13. The summed E-state index contributed by atoms with van der Waals surface area (Å²) in [6, 6.07) is 3.90. The Kier molecular flexibility index (Phi) is 3.69. The summed E-state index contributed by atoms with van der Waals surface area (Å²) >= 11 is 12.8. The molecular formula is C14H16Cl2N2. The molecule has 0 saturated heterocycles. The predicted octanol–water partition coefficient (Wildman–Crippen LogP) is 4.60. The van der Waals surface area contributed by atoms with Crippen molar-refractivity contribution in [2.75, 3.05) is 0 Å². The molecule has 0 bridgehead atoms. The smallest absolute Gasteiger partial charge is 0.0522 e. The molecule has 96 valence electrons. The molecule has 0 saturated carbocycles. The quantitative estimate of drug-likeness (QED) is 0.857. The molecule has 1 N–H and O–H groups in total. The molecule has 18 heavy (non-hydrogen) atoms. The summed E-state index contributed by atoms with van der Waals surface area (Å²) in [4.78, 5) is 0. The summed E-state index contributed by atoms with van der Waals surface area (Å²) in [5.41, 5.74) is 3.12. The fraction of sp³-hybridized carbons (Fsp3) is 0.357. The maximum atomic E-state index is 6.50. The van der Waals surface area contributed by atoms with Gasteiger partial charge in [-0.3, -0.25) is 5.10 Å². The third-order valence-electron chi connectivity index (χ3n) is 2.87. The molecule has 2 rings (SSSR count). The number of rotatable bonds is 2. The van der Waals surface area contributed by atoms with E-state index >= 15 is 0 Å². The zero-order valence-corrected chi connectivity index (χ0v) is 12.2. The van der Waals surface area contributed by atoms with Gasteiger partial charge in [-0.25, -0.2) is 0 Å². The van der Waals surface area contributed by atoms with Gasteiger partial charge in [0, 0.05) is 22.7 Å². The van der Waals surface area contributed by atoms with Crippen molar-refractivity contribution in [1.29, 1.82) is 0 Å².